The van der Waals surface area contributed by atoms with Crippen LogP contribution in [0, 0.1) is 0 Å². The lowest BCUT2D eigenvalue weighted by molar-refractivity contribution is -0.128. The zero-order valence-electron chi connectivity index (χ0n) is 12.6. The molecule has 1 N–H and O–H groups in total. The van der Waals surface area contributed by atoms with Gasteiger partial charge < -0.3 is 0 Å². The number of amides is 2. The Bertz CT molecular complexity index is 920. The van der Waals surface area contributed by atoms with E-state index in [0.29, 0.717) is 0 Å². The van der Waals surface area contributed by atoms with Crippen molar-refractivity contribution in [2.75, 3.05) is 6.54 Å². The maximum absolute atomic E-state index is 12.6. The van der Waals surface area contributed by atoms with Crippen molar-refractivity contribution in [1.29, 1.82) is 0 Å². The highest BCUT2D eigenvalue weighted by Crippen LogP contribution is 2.29. The lowest BCUT2D eigenvalue weighted by Gasteiger charge is -2.27. The standard InChI is InChI=1S/C18H13BrN2O2S/c1-2-9-21-17(23)14(16(22)20-18(21)24)10-12-8-7-11-5-3-4-6-13(11)15(12)19/h2-8,10H,1,9H2,(H,20,22,24). The molecule has 1 aliphatic rings. The van der Waals surface area contributed by atoms with Crippen LogP contribution in [0.2, 0.25) is 0 Å². The molecule has 0 unspecified atom stereocenters. The van der Waals surface area contributed by atoms with E-state index < -0.39 is 11.8 Å². The van der Waals surface area contributed by atoms with E-state index in [0.717, 1.165) is 20.8 Å². The fraction of sp³-hybridized carbons (Fsp3) is 0.0556. The highest BCUT2D eigenvalue weighted by atomic mass is 79.9. The first-order chi connectivity index (χ1) is 11.5. The zero-order chi connectivity index (χ0) is 17.3. The van der Waals surface area contributed by atoms with Gasteiger partial charge in [0.2, 0.25) is 0 Å². The summed E-state index contributed by atoms with van der Waals surface area (Å²) in [6.07, 6.45) is 3.14. The van der Waals surface area contributed by atoms with E-state index in [-0.39, 0.29) is 17.2 Å². The average molecular weight is 401 g/mol. The van der Waals surface area contributed by atoms with Crippen molar-refractivity contribution >= 4 is 61.9 Å². The molecule has 0 radical (unpaired) electrons. The van der Waals surface area contributed by atoms with Gasteiger partial charge in [-0.3, -0.25) is 19.8 Å². The number of hydrogen-bond acceptors (Lipinski definition) is 3. The number of benzene rings is 2. The van der Waals surface area contributed by atoms with Crippen molar-refractivity contribution in [2.24, 2.45) is 0 Å². The number of halogens is 1. The molecule has 0 bridgehead atoms. The van der Waals surface area contributed by atoms with E-state index in [1.54, 1.807) is 12.2 Å². The van der Waals surface area contributed by atoms with Gasteiger partial charge in [-0.25, -0.2) is 0 Å². The molecule has 4 nitrogen and oxygen atoms in total. The van der Waals surface area contributed by atoms with Crippen molar-refractivity contribution in [3.8, 4) is 0 Å². The summed E-state index contributed by atoms with van der Waals surface area (Å²) < 4.78 is 0.831. The lowest BCUT2D eigenvalue weighted by atomic mass is 10.0. The van der Waals surface area contributed by atoms with Gasteiger partial charge in [-0.15, -0.1) is 6.58 Å². The summed E-state index contributed by atoms with van der Waals surface area (Å²) in [7, 11) is 0. The van der Waals surface area contributed by atoms with E-state index in [9.17, 15) is 9.59 Å². The smallest absolute Gasteiger partial charge is 0.265 e. The number of nitrogens with zero attached hydrogens (tertiary/aromatic N) is 1. The first-order valence-corrected chi connectivity index (χ1v) is 8.40. The van der Waals surface area contributed by atoms with Gasteiger partial charge in [-0.2, -0.15) is 0 Å². The lowest BCUT2D eigenvalue weighted by Crippen LogP contribution is -2.53. The van der Waals surface area contributed by atoms with Crippen molar-refractivity contribution in [3.05, 3.63) is 64.7 Å². The SMILES string of the molecule is C=CCN1C(=O)C(=Cc2ccc3ccccc3c2Br)C(=O)NC1=S. The first kappa shape index (κ1) is 16.5. The monoisotopic (exact) mass is 400 g/mol. The molecule has 0 spiro atoms. The van der Waals surface area contributed by atoms with Crippen LogP contribution in [0.15, 0.2) is 59.1 Å². The average Bonchev–Trinajstić information content (AvgIpc) is 2.57. The fourth-order valence-electron chi connectivity index (χ4n) is 2.51. The summed E-state index contributed by atoms with van der Waals surface area (Å²) in [5.74, 6) is -0.922. The Morgan fingerprint density at radius 1 is 1.21 bits per heavy atom. The maximum Gasteiger partial charge on any atom is 0.265 e. The highest BCUT2D eigenvalue weighted by Gasteiger charge is 2.32. The third-order valence-electron chi connectivity index (χ3n) is 3.69. The fourth-order valence-corrected chi connectivity index (χ4v) is 3.36. The van der Waals surface area contributed by atoms with Gasteiger partial charge in [-0.1, -0.05) is 42.5 Å². The molecule has 1 fully saturated rings. The Labute approximate surface area is 153 Å². The van der Waals surface area contributed by atoms with E-state index >= 15 is 0 Å². The molecule has 6 heteroatoms. The molecule has 1 saturated heterocycles. The van der Waals surface area contributed by atoms with Gasteiger partial charge >= 0.3 is 0 Å². The van der Waals surface area contributed by atoms with Crippen molar-refractivity contribution in [2.45, 2.75) is 0 Å². The van der Waals surface area contributed by atoms with Crippen LogP contribution < -0.4 is 5.32 Å². The second kappa shape index (κ2) is 6.67. The Morgan fingerprint density at radius 3 is 2.71 bits per heavy atom. The summed E-state index contributed by atoms with van der Waals surface area (Å²) in [6, 6.07) is 11.7. The Hall–Kier alpha value is -2.31. The largest absolute Gasteiger partial charge is 0.298 e. The van der Waals surface area contributed by atoms with Crippen LogP contribution in [-0.2, 0) is 9.59 Å². The van der Waals surface area contributed by atoms with Gasteiger partial charge in [0.15, 0.2) is 5.11 Å². The zero-order valence-corrected chi connectivity index (χ0v) is 15.0. The number of carbonyl (C=O) groups is 2. The third kappa shape index (κ3) is 2.90. The van der Waals surface area contributed by atoms with Crippen molar-refractivity contribution < 1.29 is 9.59 Å². The van der Waals surface area contributed by atoms with Gasteiger partial charge in [0.1, 0.15) is 5.57 Å². The molecule has 3 rings (SSSR count). The number of fused-ring (bicyclic) bond motifs is 1. The predicted molar refractivity (Wildman–Crippen MR) is 102 cm³/mol. The Balaban J connectivity index is 2.08. The second-order valence-electron chi connectivity index (χ2n) is 5.21. The number of nitrogens with one attached hydrogen (secondary N) is 1. The molecule has 2 amide bonds. The summed E-state index contributed by atoms with van der Waals surface area (Å²) in [5.41, 5.74) is 0.792. The summed E-state index contributed by atoms with van der Waals surface area (Å²) in [6.45, 7) is 3.85. The van der Waals surface area contributed by atoms with Gasteiger partial charge in [0.25, 0.3) is 11.8 Å². The van der Waals surface area contributed by atoms with Crippen molar-refractivity contribution in [1.82, 2.24) is 10.2 Å². The third-order valence-corrected chi connectivity index (χ3v) is 4.90. The molecule has 120 valence electrons. The molecule has 0 aliphatic carbocycles. The minimum absolute atomic E-state index is 0.0430. The molecule has 2 aromatic carbocycles. The van der Waals surface area contributed by atoms with E-state index in [1.165, 1.54) is 4.90 Å². The summed E-state index contributed by atoms with van der Waals surface area (Å²) in [4.78, 5) is 26.1. The predicted octanol–water partition coefficient (Wildman–Crippen LogP) is 3.42. The molecule has 0 atom stereocenters. The normalized spacial score (nSPS) is 16.6. The van der Waals surface area contributed by atoms with Gasteiger partial charge in [0, 0.05) is 11.0 Å². The molecule has 1 aliphatic heterocycles. The van der Waals surface area contributed by atoms with Gasteiger partial charge in [0.05, 0.1) is 0 Å². The number of rotatable bonds is 3. The van der Waals surface area contributed by atoms with Crippen LogP contribution in [0.25, 0.3) is 16.8 Å². The minimum Gasteiger partial charge on any atom is -0.298 e. The molecule has 0 aromatic heterocycles. The van der Waals surface area contributed by atoms with E-state index in [2.05, 4.69) is 27.8 Å². The topological polar surface area (TPSA) is 49.4 Å². The van der Waals surface area contributed by atoms with Crippen LogP contribution in [0.5, 0.6) is 0 Å². The van der Waals surface area contributed by atoms with Crippen LogP contribution in [0.3, 0.4) is 0 Å². The Morgan fingerprint density at radius 2 is 1.96 bits per heavy atom. The maximum atomic E-state index is 12.6. The molecular weight excluding hydrogens is 388 g/mol. The number of carbonyl (C=O) groups excluding carboxylic acids is 2. The molecule has 2 aromatic rings. The molecular formula is C18H13BrN2O2S. The van der Waals surface area contributed by atoms with Crippen LogP contribution in [0.1, 0.15) is 5.56 Å². The summed E-state index contributed by atoms with van der Waals surface area (Å²) >= 11 is 8.61. The van der Waals surface area contributed by atoms with Crippen LogP contribution in [0.4, 0.5) is 0 Å². The van der Waals surface area contributed by atoms with Crippen LogP contribution >= 0.6 is 28.1 Å². The van der Waals surface area contributed by atoms with Crippen molar-refractivity contribution in [3.63, 3.8) is 0 Å². The molecule has 24 heavy (non-hydrogen) atoms. The first-order valence-electron chi connectivity index (χ1n) is 7.20. The minimum atomic E-state index is -0.495. The molecule has 0 saturated carbocycles. The number of thiocarbonyl (C=S) groups is 1. The van der Waals surface area contributed by atoms with E-state index in [4.69, 9.17) is 12.2 Å². The summed E-state index contributed by atoms with van der Waals surface area (Å²) in [5, 5.41) is 4.71. The van der Waals surface area contributed by atoms with E-state index in [1.807, 2.05) is 36.4 Å². The number of hydrogen-bond donors (Lipinski definition) is 1. The van der Waals surface area contributed by atoms with Gasteiger partial charge in [-0.05, 0) is 50.6 Å². The highest BCUT2D eigenvalue weighted by molar-refractivity contribution is 9.10. The second-order valence-corrected chi connectivity index (χ2v) is 6.39. The Kier molecular flexibility index (Phi) is 4.59. The quantitative estimate of drug-likeness (QED) is 0.371. The van der Waals surface area contributed by atoms with Crippen LogP contribution in [-0.4, -0.2) is 28.4 Å². The molecule has 1 heterocycles.